The first-order chi connectivity index (χ1) is 7.72. The third kappa shape index (κ3) is 10.5. The van der Waals surface area contributed by atoms with Crippen LogP contribution in [-0.4, -0.2) is 56.5 Å². The minimum atomic E-state index is -4.14. The maximum absolute atomic E-state index is 11.9. The summed E-state index contributed by atoms with van der Waals surface area (Å²) in [4.78, 5) is 1.98. The van der Waals surface area contributed by atoms with Crippen molar-refractivity contribution in [1.82, 2.24) is 10.2 Å². The molecule has 3 nitrogen and oxygen atoms in total. The van der Waals surface area contributed by atoms with E-state index in [9.17, 15) is 13.2 Å². The number of hydrogen-bond donors (Lipinski definition) is 1. The summed E-state index contributed by atoms with van der Waals surface area (Å²) in [6.07, 6.45) is -3.96. The molecular formula is C11H23F3N2O. The minimum absolute atomic E-state index is 0.0492. The molecule has 1 N–H and O–H groups in total. The average molecular weight is 256 g/mol. The molecule has 0 aromatic carbocycles. The van der Waals surface area contributed by atoms with Crippen LogP contribution in [0.1, 0.15) is 20.8 Å². The van der Waals surface area contributed by atoms with Crippen molar-refractivity contribution < 1.29 is 17.9 Å². The predicted molar refractivity (Wildman–Crippen MR) is 62.1 cm³/mol. The fourth-order valence-electron chi connectivity index (χ4n) is 1.23. The van der Waals surface area contributed by atoms with Gasteiger partial charge in [-0.3, -0.25) is 0 Å². The molecule has 0 amide bonds. The number of nitrogens with one attached hydrogen (secondary N) is 1. The van der Waals surface area contributed by atoms with Gasteiger partial charge in [-0.2, -0.15) is 13.2 Å². The summed E-state index contributed by atoms with van der Waals surface area (Å²) in [5, 5.41) is 2.40. The van der Waals surface area contributed by atoms with Crippen LogP contribution in [0, 0.1) is 0 Å². The van der Waals surface area contributed by atoms with Gasteiger partial charge in [0.25, 0.3) is 0 Å². The molecule has 1 atom stereocenters. The second-order valence-corrected chi connectivity index (χ2v) is 4.50. The molecule has 0 aliphatic rings. The van der Waals surface area contributed by atoms with Crippen molar-refractivity contribution in [3.05, 3.63) is 0 Å². The lowest BCUT2D eigenvalue weighted by Crippen LogP contribution is -2.42. The van der Waals surface area contributed by atoms with Crippen molar-refractivity contribution in [2.45, 2.75) is 39.1 Å². The fourth-order valence-corrected chi connectivity index (χ4v) is 1.23. The molecule has 0 aromatic rings. The lowest BCUT2D eigenvalue weighted by molar-refractivity contribution is -0.125. The van der Waals surface area contributed by atoms with Crippen LogP contribution >= 0.6 is 0 Å². The van der Waals surface area contributed by atoms with E-state index in [-0.39, 0.29) is 12.1 Å². The molecule has 17 heavy (non-hydrogen) atoms. The third-order valence-electron chi connectivity index (χ3n) is 2.41. The number of halogens is 3. The predicted octanol–water partition coefficient (Wildman–Crippen LogP) is 1.88. The number of likely N-dealkylation sites (N-methyl/N-ethyl adjacent to an activating group) is 1. The number of nitrogens with zero attached hydrogens (tertiary/aromatic N) is 1. The summed E-state index contributed by atoms with van der Waals surface area (Å²) in [5.41, 5.74) is 0. The van der Waals surface area contributed by atoms with Crippen LogP contribution in [0.15, 0.2) is 0 Å². The van der Waals surface area contributed by atoms with Crippen molar-refractivity contribution in [2.24, 2.45) is 0 Å². The van der Waals surface area contributed by atoms with E-state index in [4.69, 9.17) is 4.74 Å². The van der Waals surface area contributed by atoms with Gasteiger partial charge in [0.2, 0.25) is 0 Å². The van der Waals surface area contributed by atoms with Crippen molar-refractivity contribution in [1.29, 1.82) is 0 Å². The highest BCUT2D eigenvalue weighted by Gasteiger charge is 2.26. The molecule has 0 aromatic heterocycles. The SMILES string of the molecule is CC(C)OCCN(C)C(C)CNCC(F)(F)F. The molecule has 0 fully saturated rings. The summed E-state index contributed by atoms with van der Waals surface area (Å²) in [6, 6.07) is 0.0492. The van der Waals surface area contributed by atoms with Crippen LogP contribution in [0.4, 0.5) is 13.2 Å². The van der Waals surface area contributed by atoms with Crippen molar-refractivity contribution in [2.75, 3.05) is 33.3 Å². The zero-order valence-electron chi connectivity index (χ0n) is 11.0. The molecule has 0 saturated heterocycles. The maximum atomic E-state index is 11.9. The van der Waals surface area contributed by atoms with Crippen molar-refractivity contribution in [3.8, 4) is 0 Å². The number of hydrogen-bond acceptors (Lipinski definition) is 3. The molecule has 0 spiro atoms. The highest BCUT2D eigenvalue weighted by atomic mass is 19.4. The Morgan fingerprint density at radius 3 is 2.29 bits per heavy atom. The van der Waals surface area contributed by atoms with Crippen LogP contribution in [0.5, 0.6) is 0 Å². The second-order valence-electron chi connectivity index (χ2n) is 4.50. The van der Waals surface area contributed by atoms with Crippen LogP contribution < -0.4 is 5.32 Å². The van der Waals surface area contributed by atoms with Crippen LogP contribution in [0.2, 0.25) is 0 Å². The Bertz CT molecular complexity index is 198. The lowest BCUT2D eigenvalue weighted by Gasteiger charge is -2.25. The largest absolute Gasteiger partial charge is 0.401 e. The fraction of sp³-hybridized carbons (Fsp3) is 1.00. The van der Waals surface area contributed by atoms with E-state index >= 15 is 0 Å². The Morgan fingerprint density at radius 2 is 1.82 bits per heavy atom. The van der Waals surface area contributed by atoms with Gasteiger partial charge in [0.05, 0.1) is 19.3 Å². The zero-order chi connectivity index (χ0) is 13.5. The summed E-state index contributed by atoms with van der Waals surface area (Å²) in [6.45, 7) is 6.48. The summed E-state index contributed by atoms with van der Waals surface area (Å²) in [7, 11) is 1.88. The molecule has 0 rings (SSSR count). The van der Waals surface area contributed by atoms with Gasteiger partial charge in [0, 0.05) is 19.1 Å². The first-order valence-electron chi connectivity index (χ1n) is 5.81. The molecule has 0 radical (unpaired) electrons. The summed E-state index contributed by atoms with van der Waals surface area (Å²) < 4.78 is 41.1. The third-order valence-corrected chi connectivity index (χ3v) is 2.41. The maximum Gasteiger partial charge on any atom is 0.401 e. The average Bonchev–Trinajstić information content (AvgIpc) is 2.14. The van der Waals surface area contributed by atoms with Gasteiger partial charge < -0.3 is 15.0 Å². The quantitative estimate of drug-likeness (QED) is 0.717. The summed E-state index contributed by atoms with van der Waals surface area (Å²) in [5.74, 6) is 0. The Kier molecular flexibility index (Phi) is 7.74. The van der Waals surface area contributed by atoms with Gasteiger partial charge >= 0.3 is 6.18 Å². The minimum Gasteiger partial charge on any atom is -0.377 e. The van der Waals surface area contributed by atoms with Crippen LogP contribution in [0.25, 0.3) is 0 Å². The van der Waals surface area contributed by atoms with Gasteiger partial charge in [-0.15, -0.1) is 0 Å². The molecule has 0 aliphatic heterocycles. The van der Waals surface area contributed by atoms with E-state index in [2.05, 4.69) is 5.32 Å². The van der Waals surface area contributed by atoms with Gasteiger partial charge in [-0.25, -0.2) is 0 Å². The normalized spacial score (nSPS) is 14.6. The monoisotopic (exact) mass is 256 g/mol. The number of rotatable bonds is 8. The lowest BCUT2D eigenvalue weighted by atomic mass is 10.3. The standard InChI is InChI=1S/C11H23F3N2O/c1-9(2)17-6-5-16(4)10(3)7-15-8-11(12,13)14/h9-10,15H,5-8H2,1-4H3. The molecule has 0 heterocycles. The zero-order valence-corrected chi connectivity index (χ0v) is 11.0. The Hall–Kier alpha value is -0.330. The molecule has 0 aliphatic carbocycles. The first-order valence-corrected chi connectivity index (χ1v) is 5.81. The van der Waals surface area contributed by atoms with Crippen LogP contribution in [-0.2, 0) is 4.74 Å². The summed E-state index contributed by atoms with van der Waals surface area (Å²) >= 11 is 0. The Morgan fingerprint density at radius 1 is 1.24 bits per heavy atom. The molecule has 1 unspecified atom stereocenters. The molecule has 0 saturated carbocycles. The van der Waals surface area contributed by atoms with E-state index in [1.54, 1.807) is 0 Å². The van der Waals surface area contributed by atoms with Crippen molar-refractivity contribution >= 4 is 0 Å². The molecule has 0 bridgehead atoms. The Labute approximate surface area is 101 Å². The van der Waals surface area contributed by atoms with Gasteiger partial charge in [0.1, 0.15) is 0 Å². The van der Waals surface area contributed by atoms with E-state index in [0.717, 1.165) is 0 Å². The van der Waals surface area contributed by atoms with Crippen LogP contribution in [0.3, 0.4) is 0 Å². The van der Waals surface area contributed by atoms with E-state index in [1.165, 1.54) is 0 Å². The highest BCUT2D eigenvalue weighted by molar-refractivity contribution is 4.67. The number of ether oxygens (including phenoxy) is 1. The highest BCUT2D eigenvalue weighted by Crippen LogP contribution is 2.12. The van der Waals surface area contributed by atoms with E-state index in [0.29, 0.717) is 19.7 Å². The molecule has 104 valence electrons. The molecule has 6 heteroatoms. The molecular weight excluding hydrogens is 233 g/mol. The second kappa shape index (κ2) is 7.89. The Balaban J connectivity index is 3.63. The van der Waals surface area contributed by atoms with Gasteiger partial charge in [-0.05, 0) is 27.8 Å². The van der Waals surface area contributed by atoms with E-state index < -0.39 is 12.7 Å². The number of alkyl halides is 3. The van der Waals surface area contributed by atoms with Crippen molar-refractivity contribution in [3.63, 3.8) is 0 Å². The van der Waals surface area contributed by atoms with Gasteiger partial charge in [0.15, 0.2) is 0 Å². The first kappa shape index (κ1) is 16.7. The smallest absolute Gasteiger partial charge is 0.377 e. The topological polar surface area (TPSA) is 24.5 Å². The van der Waals surface area contributed by atoms with Gasteiger partial charge in [-0.1, -0.05) is 0 Å². The van der Waals surface area contributed by atoms with E-state index in [1.807, 2.05) is 32.7 Å².